The second-order valence-electron chi connectivity index (χ2n) is 11.2. The molecule has 2 atom stereocenters. The third kappa shape index (κ3) is 6.57. The number of aromatic nitrogens is 2. The Morgan fingerprint density at radius 3 is 2.40 bits per heavy atom. The van der Waals surface area contributed by atoms with Crippen molar-refractivity contribution in [1.82, 2.24) is 19.4 Å². The molecule has 42 heavy (non-hydrogen) atoms. The van der Waals surface area contributed by atoms with E-state index in [1.807, 2.05) is 18.2 Å². The Kier molecular flexibility index (Phi) is 9.83. The van der Waals surface area contributed by atoms with Gasteiger partial charge >= 0.3 is 5.69 Å². The molecule has 0 aliphatic carbocycles. The first kappa shape index (κ1) is 31.4. The quantitative estimate of drug-likeness (QED) is 0.384. The zero-order valence-corrected chi connectivity index (χ0v) is 24.3. The van der Waals surface area contributed by atoms with Crippen molar-refractivity contribution in [3.8, 4) is 0 Å². The maximum Gasteiger partial charge on any atom is 0.329 e. The van der Waals surface area contributed by atoms with Crippen molar-refractivity contribution in [2.24, 2.45) is 18.7 Å². The highest BCUT2D eigenvalue weighted by Crippen LogP contribution is 2.26. The van der Waals surface area contributed by atoms with E-state index in [9.17, 15) is 28.0 Å². The van der Waals surface area contributed by atoms with Crippen LogP contribution in [0.2, 0.25) is 0 Å². The SMILES string of the molecule is Cl.Cn1c(=O)n(C2CCC(=O)NC2=O)c2ccc(CCCC3CCN(C(=O)[C@@H](N)Cc4ccc(F)c(F)c4)CC3)cc21. The Morgan fingerprint density at radius 1 is 1.00 bits per heavy atom. The van der Waals surface area contributed by atoms with E-state index in [1.165, 1.54) is 10.6 Å². The summed E-state index contributed by atoms with van der Waals surface area (Å²) in [7, 11) is 1.69. The Bertz CT molecular complexity index is 1550. The number of likely N-dealkylation sites (tertiary alicyclic amines) is 1. The van der Waals surface area contributed by atoms with Crippen molar-refractivity contribution < 1.29 is 23.2 Å². The minimum absolute atomic E-state index is 0. The number of carbonyl (C=O) groups excluding carboxylic acids is 3. The van der Waals surface area contributed by atoms with Crippen LogP contribution in [0.25, 0.3) is 11.0 Å². The van der Waals surface area contributed by atoms with Gasteiger partial charge in [0.05, 0.1) is 17.1 Å². The van der Waals surface area contributed by atoms with Crippen molar-refractivity contribution in [2.75, 3.05) is 13.1 Å². The molecule has 0 bridgehead atoms. The molecule has 9 nitrogen and oxygen atoms in total. The molecule has 2 aromatic carbocycles. The molecule has 1 unspecified atom stereocenters. The second kappa shape index (κ2) is 13.2. The Balaban J connectivity index is 0.00000405. The monoisotopic (exact) mass is 603 g/mol. The summed E-state index contributed by atoms with van der Waals surface area (Å²) in [6.45, 7) is 1.24. The van der Waals surface area contributed by atoms with Gasteiger partial charge in [0, 0.05) is 26.6 Å². The molecule has 0 spiro atoms. The maximum absolute atomic E-state index is 13.5. The number of benzene rings is 2. The number of amides is 3. The van der Waals surface area contributed by atoms with E-state index in [2.05, 4.69) is 5.32 Å². The molecule has 2 saturated heterocycles. The number of carbonyl (C=O) groups is 3. The third-order valence-corrected chi connectivity index (χ3v) is 8.44. The average Bonchev–Trinajstić information content (AvgIpc) is 3.20. The minimum atomic E-state index is -0.947. The van der Waals surface area contributed by atoms with Crippen LogP contribution >= 0.6 is 12.4 Å². The van der Waals surface area contributed by atoms with Gasteiger partial charge in [-0.15, -0.1) is 12.4 Å². The first-order chi connectivity index (χ1) is 19.6. The highest BCUT2D eigenvalue weighted by molar-refractivity contribution is 6.00. The van der Waals surface area contributed by atoms with Crippen LogP contribution in [0.15, 0.2) is 41.2 Å². The lowest BCUT2D eigenvalue weighted by Gasteiger charge is -2.33. The van der Waals surface area contributed by atoms with Gasteiger partial charge in [0.1, 0.15) is 6.04 Å². The third-order valence-electron chi connectivity index (χ3n) is 8.44. The van der Waals surface area contributed by atoms with Gasteiger partial charge in [0.2, 0.25) is 17.7 Å². The molecule has 3 heterocycles. The second-order valence-corrected chi connectivity index (χ2v) is 11.2. The van der Waals surface area contributed by atoms with Crippen molar-refractivity contribution in [1.29, 1.82) is 0 Å². The van der Waals surface area contributed by atoms with E-state index in [0.29, 0.717) is 36.5 Å². The summed E-state index contributed by atoms with van der Waals surface area (Å²) in [5, 5.41) is 2.33. The summed E-state index contributed by atoms with van der Waals surface area (Å²) in [5.41, 5.74) is 8.84. The van der Waals surface area contributed by atoms with E-state index in [4.69, 9.17) is 5.73 Å². The van der Waals surface area contributed by atoms with Gasteiger partial charge in [-0.2, -0.15) is 0 Å². The number of imidazole rings is 1. The number of nitrogens with two attached hydrogens (primary N) is 1. The number of halogens is 3. The van der Waals surface area contributed by atoms with Crippen LogP contribution in [0.4, 0.5) is 8.78 Å². The van der Waals surface area contributed by atoms with Crippen LogP contribution in [0.3, 0.4) is 0 Å². The van der Waals surface area contributed by atoms with Crippen LogP contribution < -0.4 is 16.7 Å². The topological polar surface area (TPSA) is 119 Å². The number of nitrogens with zero attached hydrogens (tertiary/aromatic N) is 3. The van der Waals surface area contributed by atoms with Gasteiger partial charge in [0.25, 0.3) is 0 Å². The number of hydrogen-bond donors (Lipinski definition) is 2. The molecule has 3 aromatic rings. The molecule has 2 aliphatic heterocycles. The largest absolute Gasteiger partial charge is 0.341 e. The summed E-state index contributed by atoms with van der Waals surface area (Å²) in [5.74, 6) is -2.32. The molecule has 3 amide bonds. The lowest BCUT2D eigenvalue weighted by molar-refractivity contribution is -0.136. The van der Waals surface area contributed by atoms with Crippen LogP contribution in [-0.2, 0) is 34.3 Å². The normalized spacial score (nSPS) is 18.6. The molecule has 12 heteroatoms. The van der Waals surface area contributed by atoms with E-state index in [0.717, 1.165) is 55.3 Å². The zero-order valence-electron chi connectivity index (χ0n) is 23.5. The van der Waals surface area contributed by atoms with Gasteiger partial charge in [-0.05, 0) is 86.3 Å². The molecule has 1 aromatic heterocycles. The standard InChI is InChI=1S/C30H35F2N5O4.ClH/c1-35-26-17-19(6-8-24(26)37(30(35)41)25-9-10-27(38)34-28(25)39)4-2-3-18-11-13-36(14-12-18)29(40)23(33)16-20-5-7-21(31)22(32)15-20;/h5-8,15,17-18,23,25H,2-4,9-14,16,33H2,1H3,(H,34,38,39);1H/t23-,25?;/m0./s1. The molecule has 226 valence electrons. The van der Waals surface area contributed by atoms with Gasteiger partial charge < -0.3 is 10.6 Å². The van der Waals surface area contributed by atoms with Crippen LogP contribution in [0, 0.1) is 17.6 Å². The number of fused-ring (bicyclic) bond motifs is 1. The zero-order chi connectivity index (χ0) is 29.3. The summed E-state index contributed by atoms with van der Waals surface area (Å²) < 4.78 is 29.7. The molecule has 0 saturated carbocycles. The lowest BCUT2D eigenvalue weighted by atomic mass is 9.90. The maximum atomic E-state index is 13.5. The van der Waals surface area contributed by atoms with Gasteiger partial charge in [-0.1, -0.05) is 12.1 Å². The van der Waals surface area contributed by atoms with E-state index in [-0.39, 0.29) is 42.8 Å². The molecular formula is C30H36ClF2N5O4. The molecule has 2 fully saturated rings. The van der Waals surface area contributed by atoms with E-state index >= 15 is 0 Å². The van der Waals surface area contributed by atoms with Crippen molar-refractivity contribution >= 4 is 41.2 Å². The number of piperidine rings is 2. The van der Waals surface area contributed by atoms with Crippen molar-refractivity contribution in [3.63, 3.8) is 0 Å². The van der Waals surface area contributed by atoms with Crippen LogP contribution in [-0.4, -0.2) is 50.9 Å². The first-order valence-electron chi connectivity index (χ1n) is 14.1. The minimum Gasteiger partial charge on any atom is -0.341 e. The van der Waals surface area contributed by atoms with Crippen molar-refractivity contribution in [2.45, 2.75) is 63.5 Å². The number of rotatable bonds is 8. The first-order valence-corrected chi connectivity index (χ1v) is 14.1. The Labute approximate surface area is 248 Å². The predicted molar refractivity (Wildman–Crippen MR) is 156 cm³/mol. The average molecular weight is 604 g/mol. The van der Waals surface area contributed by atoms with E-state index < -0.39 is 29.6 Å². The lowest BCUT2D eigenvalue weighted by Crippen LogP contribution is -2.48. The summed E-state index contributed by atoms with van der Waals surface area (Å²) in [6, 6.07) is 7.94. The molecule has 5 rings (SSSR count). The molecule has 3 N–H and O–H groups in total. The highest BCUT2D eigenvalue weighted by atomic mass is 35.5. The van der Waals surface area contributed by atoms with Crippen molar-refractivity contribution in [3.05, 3.63) is 69.6 Å². The van der Waals surface area contributed by atoms with Crippen LogP contribution in [0.1, 0.15) is 55.7 Å². The number of aryl methyl sites for hydroxylation is 2. The fourth-order valence-corrected chi connectivity index (χ4v) is 6.07. The Morgan fingerprint density at radius 2 is 1.71 bits per heavy atom. The number of imide groups is 1. The smallest absolute Gasteiger partial charge is 0.329 e. The summed E-state index contributed by atoms with van der Waals surface area (Å²) >= 11 is 0. The predicted octanol–water partition coefficient (Wildman–Crippen LogP) is 3.15. The summed E-state index contributed by atoms with van der Waals surface area (Å²) in [4.78, 5) is 51.5. The highest BCUT2D eigenvalue weighted by Gasteiger charge is 2.31. The van der Waals surface area contributed by atoms with E-state index in [1.54, 1.807) is 16.5 Å². The molecule has 2 aliphatic rings. The fourth-order valence-electron chi connectivity index (χ4n) is 6.07. The van der Waals surface area contributed by atoms with Crippen LogP contribution in [0.5, 0.6) is 0 Å². The fraction of sp³-hybridized carbons (Fsp3) is 0.467. The summed E-state index contributed by atoms with van der Waals surface area (Å²) in [6.07, 6.45) is 5.23. The van der Waals surface area contributed by atoms with Gasteiger partial charge in [-0.3, -0.25) is 28.8 Å². The number of hydrogen-bond acceptors (Lipinski definition) is 5. The molecular weight excluding hydrogens is 568 g/mol. The number of nitrogens with one attached hydrogen (secondary N) is 1. The Hall–Kier alpha value is -3.57. The molecule has 0 radical (unpaired) electrons. The van der Waals surface area contributed by atoms with Gasteiger partial charge in [0.15, 0.2) is 11.6 Å². The van der Waals surface area contributed by atoms with Gasteiger partial charge in [-0.25, -0.2) is 13.6 Å².